The fraction of sp³-hybridized carbons (Fsp3) is 0.753. The zero-order chi connectivity index (χ0) is 71.5. The van der Waals surface area contributed by atoms with Crippen LogP contribution in [0.1, 0.15) is 399 Å². The highest BCUT2D eigenvalue weighted by atomic mass is 31.2. The van der Waals surface area contributed by atoms with E-state index < -0.39 is 26.5 Å². The molecule has 0 saturated heterocycles. The molecule has 0 bridgehead atoms. The van der Waals surface area contributed by atoms with E-state index >= 15 is 0 Å². The summed E-state index contributed by atoms with van der Waals surface area (Å²) in [5, 5.41) is 0. The van der Waals surface area contributed by atoms with Gasteiger partial charge in [-0.1, -0.05) is 399 Å². The highest BCUT2D eigenvalue weighted by Crippen LogP contribution is 2.43. The number of ether oxygens (including phenoxy) is 2. The third-order valence-electron chi connectivity index (χ3n) is 18.3. The molecule has 0 aromatic heterocycles. The van der Waals surface area contributed by atoms with Crippen molar-refractivity contribution in [3.05, 3.63) is 122 Å². The number of hydrogen-bond donors (Lipinski definition) is 2. The van der Waals surface area contributed by atoms with Gasteiger partial charge in [-0.05, 0) is 109 Å². The van der Waals surface area contributed by atoms with Crippen LogP contribution < -0.4 is 5.73 Å². The fourth-order valence-corrected chi connectivity index (χ4v) is 12.9. The predicted molar refractivity (Wildman–Crippen MR) is 431 cm³/mol. The maximum absolute atomic E-state index is 12.8. The molecule has 0 saturated carbocycles. The molecule has 0 aliphatic rings. The minimum Gasteiger partial charge on any atom is -0.462 e. The van der Waals surface area contributed by atoms with Gasteiger partial charge in [-0.2, -0.15) is 0 Å². The van der Waals surface area contributed by atoms with Gasteiger partial charge >= 0.3 is 19.8 Å². The van der Waals surface area contributed by atoms with Crippen LogP contribution in [0.2, 0.25) is 0 Å². The molecule has 2 unspecified atom stereocenters. The number of phosphoric acid groups is 1. The molecule has 0 rings (SSSR count). The molecule has 10 heteroatoms. The number of rotatable bonds is 79. The molecule has 0 spiro atoms. The molecule has 9 nitrogen and oxygen atoms in total. The Morgan fingerprint density at radius 1 is 0.313 bits per heavy atom. The number of esters is 2. The quantitative estimate of drug-likeness (QED) is 0.0264. The molecular weight excluding hydrogens is 1240 g/mol. The maximum atomic E-state index is 12.8. The number of carbonyl (C=O) groups excluding carboxylic acids is 2. The summed E-state index contributed by atoms with van der Waals surface area (Å²) in [4.78, 5) is 35.5. The second kappa shape index (κ2) is 83.4. The molecule has 0 radical (unpaired) electrons. The van der Waals surface area contributed by atoms with E-state index in [1.54, 1.807) is 0 Å². The van der Waals surface area contributed by atoms with Crippen molar-refractivity contribution in [2.75, 3.05) is 26.4 Å². The summed E-state index contributed by atoms with van der Waals surface area (Å²) in [5.41, 5.74) is 5.42. The second-order valence-electron chi connectivity index (χ2n) is 28.0. The van der Waals surface area contributed by atoms with Crippen LogP contribution in [0.3, 0.4) is 0 Å². The van der Waals surface area contributed by atoms with Gasteiger partial charge in [0.15, 0.2) is 6.10 Å². The molecule has 0 aliphatic carbocycles. The minimum atomic E-state index is -4.40. The summed E-state index contributed by atoms with van der Waals surface area (Å²) >= 11 is 0. The van der Waals surface area contributed by atoms with Crippen LogP contribution in [0.25, 0.3) is 0 Å². The number of carbonyl (C=O) groups is 2. The topological polar surface area (TPSA) is 134 Å². The lowest BCUT2D eigenvalue weighted by Crippen LogP contribution is -2.29. The molecule has 2 atom stereocenters. The third-order valence-corrected chi connectivity index (χ3v) is 19.3. The van der Waals surface area contributed by atoms with Gasteiger partial charge in [-0.15, -0.1) is 0 Å². The van der Waals surface area contributed by atoms with E-state index in [4.69, 9.17) is 24.3 Å². The molecule has 0 aliphatic heterocycles. The number of phosphoric ester groups is 1. The second-order valence-corrected chi connectivity index (χ2v) is 29.4. The zero-order valence-corrected chi connectivity index (χ0v) is 65.6. The lowest BCUT2D eigenvalue weighted by atomic mass is 10.0. The summed E-state index contributed by atoms with van der Waals surface area (Å²) in [6.45, 7) is 3.67. The average molecular weight is 1400 g/mol. The van der Waals surface area contributed by atoms with Crippen LogP contribution in [-0.4, -0.2) is 49.3 Å². The Morgan fingerprint density at radius 3 is 0.838 bits per heavy atom. The minimum absolute atomic E-state index is 0.0501. The first-order valence-electron chi connectivity index (χ1n) is 42.0. The van der Waals surface area contributed by atoms with Gasteiger partial charge in [0.25, 0.3) is 0 Å². The van der Waals surface area contributed by atoms with E-state index in [1.165, 1.54) is 263 Å². The monoisotopic (exact) mass is 1400 g/mol. The van der Waals surface area contributed by atoms with E-state index in [1.807, 2.05) is 0 Å². The molecule has 0 heterocycles. The Kier molecular flexibility index (Phi) is 80.3. The highest BCUT2D eigenvalue weighted by molar-refractivity contribution is 7.47. The smallest absolute Gasteiger partial charge is 0.462 e. The van der Waals surface area contributed by atoms with Gasteiger partial charge in [0.05, 0.1) is 13.2 Å². The van der Waals surface area contributed by atoms with E-state index in [2.05, 4.69) is 135 Å². The molecule has 0 fully saturated rings. The first-order valence-corrected chi connectivity index (χ1v) is 43.5. The van der Waals surface area contributed by atoms with E-state index in [0.29, 0.717) is 6.42 Å². The van der Waals surface area contributed by atoms with E-state index in [9.17, 15) is 19.0 Å². The first kappa shape index (κ1) is 95.4. The van der Waals surface area contributed by atoms with Gasteiger partial charge in [0.1, 0.15) is 6.61 Å². The van der Waals surface area contributed by atoms with Crippen molar-refractivity contribution in [2.45, 2.75) is 405 Å². The fourth-order valence-electron chi connectivity index (χ4n) is 12.2. The van der Waals surface area contributed by atoms with Crippen LogP contribution in [0.4, 0.5) is 0 Å². The Hall–Kier alpha value is -3.59. The van der Waals surface area contributed by atoms with Crippen molar-refractivity contribution < 1.29 is 37.6 Å². The van der Waals surface area contributed by atoms with Crippen molar-refractivity contribution >= 4 is 19.8 Å². The summed E-state index contributed by atoms with van der Waals surface area (Å²) < 4.78 is 33.3. The van der Waals surface area contributed by atoms with E-state index in [0.717, 1.165) is 103 Å². The van der Waals surface area contributed by atoms with Gasteiger partial charge in [-0.25, -0.2) is 4.57 Å². The summed E-state index contributed by atoms with van der Waals surface area (Å²) in [5.74, 6) is -0.819. The number of allylic oxidation sites excluding steroid dienone is 20. The molecule has 572 valence electrons. The summed E-state index contributed by atoms with van der Waals surface area (Å²) in [6.07, 6.45) is 118. The van der Waals surface area contributed by atoms with Crippen LogP contribution in [-0.2, 0) is 32.7 Å². The van der Waals surface area contributed by atoms with Crippen molar-refractivity contribution in [3.63, 3.8) is 0 Å². The van der Waals surface area contributed by atoms with Crippen molar-refractivity contribution in [1.82, 2.24) is 0 Å². The van der Waals surface area contributed by atoms with Gasteiger partial charge in [0, 0.05) is 19.4 Å². The van der Waals surface area contributed by atoms with Crippen LogP contribution in [0.15, 0.2) is 122 Å². The predicted octanol–water partition coefficient (Wildman–Crippen LogP) is 28.5. The molecule has 0 aromatic carbocycles. The van der Waals surface area contributed by atoms with Crippen LogP contribution in [0, 0.1) is 0 Å². The van der Waals surface area contributed by atoms with Crippen LogP contribution in [0.5, 0.6) is 0 Å². The Balaban J connectivity index is 3.81. The summed E-state index contributed by atoms with van der Waals surface area (Å²) in [7, 11) is -4.40. The largest absolute Gasteiger partial charge is 0.472 e. The average Bonchev–Trinajstić information content (AvgIpc) is 1.35. The SMILES string of the molecule is CC/C=C\C/C=C\C/C=C\C/C=C\C/C=C\C/C=C\C/C=C\C/C=C\C/C=C\CCCCCCCCCCCCCC(=O)OC(COC(=O)CCCCCCCCCCCCCCCCCCCCCCCCCCCCC/C=C\CCCCCCCCCC)COP(=O)(O)OCCN. The maximum Gasteiger partial charge on any atom is 0.472 e. The van der Waals surface area contributed by atoms with Gasteiger partial charge in [-0.3, -0.25) is 18.6 Å². The molecular formula is C89H158NO8P. The normalized spacial score (nSPS) is 13.5. The lowest BCUT2D eigenvalue weighted by molar-refractivity contribution is -0.161. The van der Waals surface area contributed by atoms with Crippen LogP contribution >= 0.6 is 7.82 Å². The number of unbranched alkanes of at least 4 members (excludes halogenated alkanes) is 46. The first-order chi connectivity index (χ1) is 48.8. The van der Waals surface area contributed by atoms with Gasteiger partial charge < -0.3 is 20.1 Å². The lowest BCUT2D eigenvalue weighted by Gasteiger charge is -2.19. The molecule has 3 N–H and O–H groups in total. The van der Waals surface area contributed by atoms with Gasteiger partial charge in [0.2, 0.25) is 0 Å². The van der Waals surface area contributed by atoms with Crippen molar-refractivity contribution in [2.24, 2.45) is 5.73 Å². The Bertz CT molecular complexity index is 2050. The molecule has 0 aromatic rings. The standard InChI is InChI=1S/C89H158NO8P/c1-3-5-7-9-11-13-15-17-19-21-23-25-27-29-31-33-35-37-39-41-43-45-47-49-51-53-55-57-59-61-63-65-67-69-71-73-75-77-79-81-88(91)95-85-87(86-97-99(93,94)96-84-83-90)98-89(92)82-80-78-76-74-72-70-68-66-64-62-60-58-56-54-52-50-48-46-44-42-40-38-36-34-32-30-28-26-24-22-20-18-16-14-12-10-8-6-4-2/h6,8,12,14,18,20-21,23-24,26,30,32,36,38,42,44,48,50,54,56,87H,3-5,7,9-11,13,15-17,19,22,25,27-29,31,33-35,37,39-41,43,45-47,49,51-53,55,57-86,90H2,1-2H3,(H,93,94)/b8-6-,14-12-,20-18-,23-21-,26-24-,32-30-,38-36-,44-42-,50-48-,56-54-. The zero-order valence-electron chi connectivity index (χ0n) is 64.7. The Labute approximate surface area is 612 Å². The van der Waals surface area contributed by atoms with Crippen molar-refractivity contribution in [1.29, 1.82) is 0 Å². The number of nitrogens with two attached hydrogens (primary N) is 1. The van der Waals surface area contributed by atoms with E-state index in [-0.39, 0.29) is 38.6 Å². The highest BCUT2D eigenvalue weighted by Gasteiger charge is 2.26. The molecule has 0 amide bonds. The summed E-state index contributed by atoms with van der Waals surface area (Å²) in [6, 6.07) is 0. The number of hydrogen-bond acceptors (Lipinski definition) is 8. The Morgan fingerprint density at radius 2 is 0.556 bits per heavy atom. The third kappa shape index (κ3) is 83.2. The van der Waals surface area contributed by atoms with Crippen molar-refractivity contribution in [3.8, 4) is 0 Å². The molecule has 99 heavy (non-hydrogen) atoms.